The van der Waals surface area contributed by atoms with Crippen molar-refractivity contribution in [3.63, 3.8) is 0 Å². The molecule has 1 aliphatic heterocycles. The summed E-state index contributed by atoms with van der Waals surface area (Å²) in [5.41, 5.74) is 2.22. The number of aliphatic hydroxyl groups excluding tert-OH is 1. The van der Waals surface area contributed by atoms with Gasteiger partial charge in [0.05, 0.1) is 11.2 Å². The summed E-state index contributed by atoms with van der Waals surface area (Å²) in [4.78, 5) is 4.29. The summed E-state index contributed by atoms with van der Waals surface area (Å²) >= 11 is 1.55. The van der Waals surface area contributed by atoms with Gasteiger partial charge in [-0.15, -0.1) is 11.3 Å². The molecule has 0 fully saturated rings. The Morgan fingerprint density at radius 3 is 2.64 bits per heavy atom. The highest BCUT2D eigenvalue weighted by Gasteiger charge is 2.31. The average molecular weight is 415 g/mol. The molecular weight excluding hydrogens is 398 g/mol. The van der Waals surface area contributed by atoms with Crippen LogP contribution in [0.2, 0.25) is 0 Å². The Labute approximate surface area is 166 Å². The smallest absolute Gasteiger partial charge is 0.330 e. The van der Waals surface area contributed by atoms with Crippen molar-refractivity contribution in [1.29, 1.82) is 0 Å². The van der Waals surface area contributed by atoms with Crippen LogP contribution in [0.3, 0.4) is 0 Å². The van der Waals surface area contributed by atoms with E-state index in [4.69, 9.17) is 4.74 Å². The largest absolute Gasteiger partial charge is 0.493 e. The van der Waals surface area contributed by atoms with Crippen molar-refractivity contribution >= 4 is 27.2 Å². The van der Waals surface area contributed by atoms with Crippen molar-refractivity contribution in [3.05, 3.63) is 88.3 Å². The van der Waals surface area contributed by atoms with E-state index in [0.717, 1.165) is 26.6 Å². The van der Waals surface area contributed by atoms with E-state index in [9.17, 15) is 13.5 Å². The number of nitrogens with zero attached hydrogens (tertiary/aromatic N) is 2. The molecule has 144 valence electrons. The van der Waals surface area contributed by atoms with Crippen molar-refractivity contribution in [3.8, 4) is 5.75 Å². The topological polar surface area (TPSA) is 91.8 Å². The van der Waals surface area contributed by atoms with Crippen molar-refractivity contribution in [2.75, 3.05) is 4.31 Å². The van der Waals surface area contributed by atoms with Crippen LogP contribution in [0.25, 0.3) is 0 Å². The number of nitrogens with one attached hydrogen (secondary N) is 1. The zero-order valence-corrected chi connectivity index (χ0v) is 16.3. The zero-order valence-electron chi connectivity index (χ0n) is 14.6. The standard InChI is InChI=1S/C19H17N3O4S2/c23-18-12-22(28(24,25)21-18)16-7-6-15(11-19-20-8-9-27-19)10-17(16)26-13-14-4-2-1-3-5-14/h1-10,12,21,23H,11,13H2. The third-order valence-corrected chi connectivity index (χ3v) is 6.14. The molecule has 9 heteroatoms. The molecule has 0 saturated carbocycles. The minimum absolute atomic E-state index is 0.283. The molecule has 0 aliphatic carbocycles. The first kappa shape index (κ1) is 18.3. The molecule has 7 nitrogen and oxygen atoms in total. The van der Waals surface area contributed by atoms with Crippen molar-refractivity contribution in [2.24, 2.45) is 0 Å². The Balaban J connectivity index is 1.68. The molecule has 0 spiro atoms. The fourth-order valence-electron chi connectivity index (χ4n) is 2.80. The number of aromatic nitrogens is 1. The summed E-state index contributed by atoms with van der Waals surface area (Å²) in [6.45, 7) is 0.283. The molecular formula is C19H17N3O4S2. The Morgan fingerprint density at radius 1 is 1.14 bits per heavy atom. The molecule has 0 saturated heterocycles. The zero-order chi connectivity index (χ0) is 19.6. The Hall–Kier alpha value is -3.04. The third-order valence-electron chi connectivity index (χ3n) is 4.07. The number of hydrogen-bond acceptors (Lipinski definition) is 6. The van der Waals surface area contributed by atoms with Crippen LogP contribution < -0.4 is 13.8 Å². The number of ether oxygens (including phenoxy) is 1. The molecule has 2 aromatic carbocycles. The van der Waals surface area contributed by atoms with E-state index in [1.807, 2.05) is 46.5 Å². The van der Waals surface area contributed by atoms with Gasteiger partial charge in [0, 0.05) is 18.0 Å². The molecule has 1 aromatic heterocycles. The summed E-state index contributed by atoms with van der Waals surface area (Å²) in [5.74, 6) is -0.0462. The highest BCUT2D eigenvalue weighted by molar-refractivity contribution is 7.91. The van der Waals surface area contributed by atoms with E-state index in [0.29, 0.717) is 17.9 Å². The molecule has 2 heterocycles. The van der Waals surface area contributed by atoms with E-state index in [-0.39, 0.29) is 6.61 Å². The number of thiazole rings is 1. The molecule has 0 atom stereocenters. The van der Waals surface area contributed by atoms with Gasteiger partial charge in [0.2, 0.25) is 5.88 Å². The van der Waals surface area contributed by atoms with Crippen molar-refractivity contribution in [1.82, 2.24) is 9.71 Å². The average Bonchev–Trinajstić information content (AvgIpc) is 3.27. The minimum Gasteiger partial charge on any atom is -0.493 e. The molecule has 0 amide bonds. The van der Waals surface area contributed by atoms with Crippen molar-refractivity contribution < 1.29 is 18.3 Å². The first-order chi connectivity index (χ1) is 13.5. The van der Waals surface area contributed by atoms with Gasteiger partial charge in [0.15, 0.2) is 0 Å². The summed E-state index contributed by atoms with van der Waals surface area (Å²) in [6.07, 6.45) is 3.48. The minimum atomic E-state index is -3.91. The van der Waals surface area contributed by atoms with E-state index in [1.54, 1.807) is 29.7 Å². The predicted octanol–water partition coefficient (Wildman–Crippen LogP) is 3.32. The van der Waals surface area contributed by atoms with Crippen molar-refractivity contribution in [2.45, 2.75) is 13.0 Å². The van der Waals surface area contributed by atoms with Gasteiger partial charge in [-0.25, -0.2) is 14.0 Å². The maximum absolute atomic E-state index is 12.3. The lowest BCUT2D eigenvalue weighted by molar-refractivity contribution is 0.307. The first-order valence-corrected chi connectivity index (χ1v) is 10.7. The van der Waals surface area contributed by atoms with Crippen LogP contribution in [0, 0.1) is 0 Å². The monoisotopic (exact) mass is 415 g/mol. The third kappa shape index (κ3) is 3.95. The second-order valence-electron chi connectivity index (χ2n) is 6.10. The van der Waals surface area contributed by atoms with Gasteiger partial charge in [-0.2, -0.15) is 8.42 Å². The molecule has 0 bridgehead atoms. The Bertz CT molecular complexity index is 1100. The van der Waals surface area contributed by atoms with Crippen LogP contribution in [0.5, 0.6) is 5.75 Å². The van der Waals surface area contributed by atoms with Gasteiger partial charge in [-0.3, -0.25) is 0 Å². The van der Waals surface area contributed by atoms with Gasteiger partial charge < -0.3 is 9.84 Å². The molecule has 0 unspecified atom stereocenters. The van der Waals surface area contributed by atoms with Gasteiger partial charge in [-0.05, 0) is 23.3 Å². The predicted molar refractivity (Wildman–Crippen MR) is 107 cm³/mol. The number of aliphatic hydroxyl groups is 1. The maximum Gasteiger partial charge on any atom is 0.330 e. The summed E-state index contributed by atoms with van der Waals surface area (Å²) in [6, 6.07) is 14.9. The quantitative estimate of drug-likeness (QED) is 0.644. The summed E-state index contributed by atoms with van der Waals surface area (Å²) in [5, 5.41) is 12.5. The van der Waals surface area contributed by atoms with Crippen LogP contribution in [-0.4, -0.2) is 18.5 Å². The van der Waals surface area contributed by atoms with Crippen LogP contribution in [0.15, 0.2) is 72.2 Å². The Morgan fingerprint density at radius 2 is 1.96 bits per heavy atom. The second-order valence-corrected chi connectivity index (χ2v) is 8.62. The summed E-state index contributed by atoms with van der Waals surface area (Å²) in [7, 11) is -3.91. The molecule has 4 rings (SSSR count). The lowest BCUT2D eigenvalue weighted by Gasteiger charge is -2.19. The lowest BCUT2D eigenvalue weighted by Crippen LogP contribution is -2.29. The number of anilines is 1. The van der Waals surface area contributed by atoms with Crippen LogP contribution in [0.4, 0.5) is 5.69 Å². The van der Waals surface area contributed by atoms with Crippen LogP contribution >= 0.6 is 11.3 Å². The first-order valence-electron chi connectivity index (χ1n) is 8.42. The lowest BCUT2D eigenvalue weighted by atomic mass is 10.1. The number of benzene rings is 2. The molecule has 3 aromatic rings. The normalized spacial score (nSPS) is 15.1. The highest BCUT2D eigenvalue weighted by atomic mass is 32.2. The van der Waals surface area contributed by atoms with Gasteiger partial charge >= 0.3 is 10.2 Å². The molecule has 1 aliphatic rings. The van der Waals surface area contributed by atoms with E-state index in [2.05, 4.69) is 4.98 Å². The van der Waals surface area contributed by atoms with E-state index in [1.165, 1.54) is 0 Å². The number of rotatable bonds is 6. The molecule has 0 radical (unpaired) electrons. The fraction of sp³-hybridized carbons (Fsp3) is 0.105. The van der Waals surface area contributed by atoms with E-state index >= 15 is 0 Å². The fourth-order valence-corrected chi connectivity index (χ4v) is 4.52. The van der Waals surface area contributed by atoms with Crippen LogP contribution in [0.1, 0.15) is 16.1 Å². The number of hydrogen-bond donors (Lipinski definition) is 2. The van der Waals surface area contributed by atoms with Gasteiger partial charge in [0.1, 0.15) is 18.0 Å². The highest BCUT2D eigenvalue weighted by Crippen LogP contribution is 2.34. The molecule has 2 N–H and O–H groups in total. The van der Waals surface area contributed by atoms with E-state index < -0.39 is 16.1 Å². The van der Waals surface area contributed by atoms with Gasteiger partial charge in [0.25, 0.3) is 0 Å². The summed E-state index contributed by atoms with van der Waals surface area (Å²) < 4.78 is 33.5. The van der Waals surface area contributed by atoms with Gasteiger partial charge in [-0.1, -0.05) is 36.4 Å². The SMILES string of the molecule is O=S1(=O)NC(O)=CN1c1ccc(Cc2nccs2)cc1OCc1ccccc1. The Kier molecular flexibility index (Phi) is 4.93. The second kappa shape index (κ2) is 7.53. The molecule has 28 heavy (non-hydrogen) atoms. The van der Waals surface area contributed by atoms with Crippen LogP contribution in [-0.2, 0) is 23.2 Å². The maximum atomic E-state index is 12.3.